The van der Waals surface area contributed by atoms with E-state index in [0.717, 1.165) is 19.3 Å². The average Bonchev–Trinajstić information content (AvgIpc) is 2.31. The number of ether oxygens (including phenoxy) is 1. The van der Waals surface area contributed by atoms with E-state index in [1.165, 1.54) is 6.42 Å². The monoisotopic (exact) mass is 196 g/mol. The fourth-order valence-corrected chi connectivity index (χ4v) is 1.36. The van der Waals surface area contributed by atoms with E-state index in [0.29, 0.717) is 0 Å². The third-order valence-corrected chi connectivity index (χ3v) is 2.33. The van der Waals surface area contributed by atoms with Gasteiger partial charge < -0.3 is 4.74 Å². The van der Waals surface area contributed by atoms with Crippen molar-refractivity contribution in [1.82, 2.24) is 0 Å². The molecule has 0 radical (unpaired) electrons. The van der Waals surface area contributed by atoms with Crippen LogP contribution in [0.4, 0.5) is 0 Å². The molecular weight excluding hydrogens is 176 g/mol. The van der Waals surface area contributed by atoms with Crippen molar-refractivity contribution >= 4 is 5.97 Å². The van der Waals surface area contributed by atoms with E-state index in [9.17, 15) is 4.79 Å². The van der Waals surface area contributed by atoms with Crippen molar-refractivity contribution in [3.63, 3.8) is 0 Å². The van der Waals surface area contributed by atoms with Crippen LogP contribution >= 0.6 is 0 Å². The molecule has 0 saturated carbocycles. The lowest BCUT2D eigenvalue weighted by atomic mass is 9.97. The second kappa shape index (κ2) is 4.63. The van der Waals surface area contributed by atoms with Crippen LogP contribution in [0.15, 0.2) is 12.2 Å². The summed E-state index contributed by atoms with van der Waals surface area (Å²) in [7, 11) is 0. The summed E-state index contributed by atoms with van der Waals surface area (Å²) in [6.07, 6.45) is 8.59. The van der Waals surface area contributed by atoms with Crippen molar-refractivity contribution in [3.05, 3.63) is 12.2 Å². The fourth-order valence-electron chi connectivity index (χ4n) is 1.36. The maximum atomic E-state index is 11.6. The van der Waals surface area contributed by atoms with Gasteiger partial charge >= 0.3 is 5.97 Å². The molecule has 0 amide bonds. The lowest BCUT2D eigenvalue weighted by Gasteiger charge is -2.20. The minimum absolute atomic E-state index is 0.00391. The Kier molecular flexibility index (Phi) is 3.73. The van der Waals surface area contributed by atoms with Crippen LogP contribution in [0.1, 0.15) is 46.5 Å². The third-order valence-electron chi connectivity index (χ3n) is 2.33. The molecule has 0 aliphatic heterocycles. The van der Waals surface area contributed by atoms with Crippen molar-refractivity contribution < 1.29 is 9.53 Å². The molecule has 14 heavy (non-hydrogen) atoms. The Hall–Kier alpha value is -0.790. The summed E-state index contributed by atoms with van der Waals surface area (Å²) in [5.41, 5.74) is -0.389. The van der Waals surface area contributed by atoms with E-state index in [4.69, 9.17) is 4.74 Å². The summed E-state index contributed by atoms with van der Waals surface area (Å²) in [5.74, 6) is -0.103. The number of hydrogen-bond acceptors (Lipinski definition) is 2. The van der Waals surface area contributed by atoms with Gasteiger partial charge in [-0.25, -0.2) is 0 Å². The first-order chi connectivity index (χ1) is 6.50. The number of carbonyl (C=O) groups is 1. The Labute approximate surface area is 86.3 Å². The summed E-state index contributed by atoms with van der Waals surface area (Å²) in [6.45, 7) is 5.65. The van der Waals surface area contributed by atoms with Crippen LogP contribution in [0, 0.1) is 5.41 Å². The smallest absolute Gasteiger partial charge is 0.311 e. The molecule has 0 aromatic rings. The standard InChI is InChI=1S/C12H20O2/c1-12(2,3)11(13)14-10-8-6-4-5-7-9-10/h6,8,10H,4-5,7,9H2,1-3H3/t10-/m0/s1. The Morgan fingerprint density at radius 3 is 2.71 bits per heavy atom. The predicted molar refractivity (Wildman–Crippen MR) is 56.9 cm³/mol. The second-order valence-corrected chi connectivity index (χ2v) is 4.91. The molecule has 2 nitrogen and oxygen atoms in total. The van der Waals surface area contributed by atoms with Crippen LogP contribution in [0.2, 0.25) is 0 Å². The lowest BCUT2D eigenvalue weighted by molar-refractivity contribution is -0.156. The summed E-state index contributed by atoms with van der Waals surface area (Å²) < 4.78 is 5.41. The lowest BCUT2D eigenvalue weighted by Crippen LogP contribution is -2.27. The quantitative estimate of drug-likeness (QED) is 0.476. The molecule has 1 aliphatic carbocycles. The van der Waals surface area contributed by atoms with Crippen LogP contribution < -0.4 is 0 Å². The van der Waals surface area contributed by atoms with Gasteiger partial charge in [0.1, 0.15) is 6.10 Å². The van der Waals surface area contributed by atoms with E-state index in [-0.39, 0.29) is 17.5 Å². The van der Waals surface area contributed by atoms with Gasteiger partial charge in [-0.3, -0.25) is 4.79 Å². The van der Waals surface area contributed by atoms with Crippen molar-refractivity contribution in [2.75, 3.05) is 0 Å². The van der Waals surface area contributed by atoms with Gasteiger partial charge in [-0.1, -0.05) is 6.08 Å². The third kappa shape index (κ3) is 3.52. The molecule has 0 aromatic carbocycles. The zero-order valence-electron chi connectivity index (χ0n) is 9.38. The zero-order valence-corrected chi connectivity index (χ0v) is 9.38. The molecule has 0 spiro atoms. The van der Waals surface area contributed by atoms with Gasteiger partial charge in [-0.15, -0.1) is 0 Å². The van der Waals surface area contributed by atoms with E-state index in [2.05, 4.69) is 6.08 Å². The summed E-state index contributed by atoms with van der Waals surface area (Å²) in [4.78, 5) is 11.6. The van der Waals surface area contributed by atoms with Crippen molar-refractivity contribution in [2.24, 2.45) is 5.41 Å². The highest BCUT2D eigenvalue weighted by Crippen LogP contribution is 2.20. The highest BCUT2D eigenvalue weighted by atomic mass is 16.5. The summed E-state index contributed by atoms with van der Waals surface area (Å²) in [5, 5.41) is 0. The van der Waals surface area contributed by atoms with E-state index >= 15 is 0 Å². The predicted octanol–water partition coefficient (Wildman–Crippen LogP) is 3.07. The molecule has 0 unspecified atom stereocenters. The number of rotatable bonds is 1. The maximum absolute atomic E-state index is 11.6. The van der Waals surface area contributed by atoms with Gasteiger partial charge in [0.25, 0.3) is 0 Å². The molecule has 0 heterocycles. The molecule has 0 saturated heterocycles. The van der Waals surface area contributed by atoms with E-state index in [1.54, 1.807) is 0 Å². The van der Waals surface area contributed by atoms with Gasteiger partial charge in [0, 0.05) is 0 Å². The van der Waals surface area contributed by atoms with Gasteiger partial charge in [0.15, 0.2) is 0 Å². The number of allylic oxidation sites excluding steroid dienone is 1. The Morgan fingerprint density at radius 1 is 1.36 bits per heavy atom. The van der Waals surface area contributed by atoms with Gasteiger partial charge in [0.05, 0.1) is 5.41 Å². The molecule has 0 aromatic heterocycles. The fraction of sp³-hybridized carbons (Fsp3) is 0.750. The highest BCUT2D eigenvalue weighted by molar-refractivity contribution is 5.75. The van der Waals surface area contributed by atoms with Crippen LogP contribution in [-0.2, 0) is 9.53 Å². The normalized spacial score (nSPS) is 22.9. The molecule has 1 atom stereocenters. The SMILES string of the molecule is CC(C)(C)C(=O)O[C@H]1C=CCCCC1. The first kappa shape index (κ1) is 11.3. The molecule has 0 N–H and O–H groups in total. The van der Waals surface area contributed by atoms with E-state index < -0.39 is 0 Å². The van der Waals surface area contributed by atoms with Gasteiger partial charge in [-0.05, 0) is 52.5 Å². The second-order valence-electron chi connectivity index (χ2n) is 4.91. The first-order valence-corrected chi connectivity index (χ1v) is 5.38. The van der Waals surface area contributed by atoms with Gasteiger partial charge in [-0.2, -0.15) is 0 Å². The molecule has 1 aliphatic rings. The van der Waals surface area contributed by atoms with Crippen molar-refractivity contribution in [3.8, 4) is 0 Å². The topological polar surface area (TPSA) is 26.3 Å². The molecule has 0 bridgehead atoms. The summed E-state index contributed by atoms with van der Waals surface area (Å²) in [6, 6.07) is 0. The highest BCUT2D eigenvalue weighted by Gasteiger charge is 2.25. The Morgan fingerprint density at radius 2 is 2.07 bits per heavy atom. The summed E-state index contributed by atoms with van der Waals surface area (Å²) >= 11 is 0. The van der Waals surface area contributed by atoms with Crippen molar-refractivity contribution in [1.29, 1.82) is 0 Å². The number of esters is 1. The molecule has 2 heteroatoms. The van der Waals surface area contributed by atoms with Crippen LogP contribution in [-0.4, -0.2) is 12.1 Å². The maximum Gasteiger partial charge on any atom is 0.311 e. The van der Waals surface area contributed by atoms with Crippen LogP contribution in [0.25, 0.3) is 0 Å². The Balaban J connectivity index is 2.46. The van der Waals surface area contributed by atoms with Crippen molar-refractivity contribution in [2.45, 2.75) is 52.6 Å². The van der Waals surface area contributed by atoms with E-state index in [1.807, 2.05) is 26.8 Å². The number of carbonyl (C=O) groups excluding carboxylic acids is 1. The molecule has 1 rings (SSSR count). The molecular formula is C12H20O2. The molecule has 80 valence electrons. The first-order valence-electron chi connectivity index (χ1n) is 5.38. The largest absolute Gasteiger partial charge is 0.458 e. The average molecular weight is 196 g/mol. The van der Waals surface area contributed by atoms with Crippen LogP contribution in [0.5, 0.6) is 0 Å². The Bertz CT molecular complexity index is 223. The molecule has 0 fully saturated rings. The zero-order chi connectivity index (χ0) is 10.6. The minimum Gasteiger partial charge on any atom is -0.458 e. The van der Waals surface area contributed by atoms with Crippen LogP contribution in [0.3, 0.4) is 0 Å². The van der Waals surface area contributed by atoms with Gasteiger partial charge in [0.2, 0.25) is 0 Å². The minimum atomic E-state index is -0.389. The number of hydrogen-bond donors (Lipinski definition) is 0.